The molecule has 2 fully saturated rings. The Kier molecular flexibility index (Phi) is 9.97. The Balaban J connectivity index is 1.56. The van der Waals surface area contributed by atoms with E-state index in [1.807, 2.05) is 31.2 Å². The van der Waals surface area contributed by atoms with E-state index in [1.165, 1.54) is 0 Å². The van der Waals surface area contributed by atoms with E-state index >= 15 is 0 Å². The van der Waals surface area contributed by atoms with Crippen LogP contribution in [0.25, 0.3) is 5.57 Å². The van der Waals surface area contributed by atoms with Gasteiger partial charge in [-0.15, -0.1) is 0 Å². The summed E-state index contributed by atoms with van der Waals surface area (Å²) < 4.78 is 5.41. The summed E-state index contributed by atoms with van der Waals surface area (Å²) in [5.74, 6) is 1.21. The standard InChI is InChI=1S/C26H37ClN4O2/c1-4-31-12-6-9-22(18-31)26(32)30-25-15-23(24(27)17-29-25)19(2)7-5-8-20(3)28-16-21-10-13-33-14-11-21/h5,7-8,15,17,21-22,28H,3-4,6,9-14,16,18H2,1-2H3,(H,29,30,32)/b8-5-,19-7+. The quantitative estimate of drug-likeness (QED) is 0.500. The van der Waals surface area contributed by atoms with Crippen molar-refractivity contribution in [1.29, 1.82) is 0 Å². The van der Waals surface area contributed by atoms with Crippen LogP contribution in [-0.2, 0) is 9.53 Å². The Hall–Kier alpha value is -2.15. The molecule has 0 radical (unpaired) electrons. The monoisotopic (exact) mass is 472 g/mol. The number of rotatable bonds is 9. The summed E-state index contributed by atoms with van der Waals surface area (Å²) in [5, 5.41) is 6.94. The van der Waals surface area contributed by atoms with E-state index in [2.05, 4.69) is 34.0 Å². The third-order valence-corrected chi connectivity index (χ3v) is 6.76. The number of hydrogen-bond acceptors (Lipinski definition) is 5. The highest BCUT2D eigenvalue weighted by atomic mass is 35.5. The van der Waals surface area contributed by atoms with E-state index in [9.17, 15) is 4.79 Å². The number of anilines is 1. The number of amides is 1. The van der Waals surface area contributed by atoms with Crippen molar-refractivity contribution in [2.75, 3.05) is 44.7 Å². The second-order valence-corrected chi connectivity index (χ2v) is 9.35. The number of nitrogens with one attached hydrogen (secondary N) is 2. The van der Waals surface area contributed by atoms with Gasteiger partial charge in [0.1, 0.15) is 5.82 Å². The van der Waals surface area contributed by atoms with Crippen molar-refractivity contribution in [3.63, 3.8) is 0 Å². The lowest BCUT2D eigenvalue weighted by Crippen LogP contribution is -2.40. The second kappa shape index (κ2) is 12.9. The fourth-order valence-electron chi connectivity index (χ4n) is 4.28. The molecule has 0 aliphatic carbocycles. The number of hydrogen-bond donors (Lipinski definition) is 2. The summed E-state index contributed by atoms with van der Waals surface area (Å²) in [6.07, 6.45) is 11.7. The molecule has 2 saturated heterocycles. The Morgan fingerprint density at radius 2 is 2.15 bits per heavy atom. The zero-order valence-corrected chi connectivity index (χ0v) is 20.7. The SMILES string of the molecule is C=C(/C=C\C=C(/C)c1cc(NC(=O)C2CCCN(CC)C2)ncc1Cl)NCC1CCOCC1. The van der Waals surface area contributed by atoms with Crippen molar-refractivity contribution < 1.29 is 9.53 Å². The van der Waals surface area contributed by atoms with Gasteiger partial charge in [-0.3, -0.25) is 4.79 Å². The van der Waals surface area contributed by atoms with Crippen LogP contribution < -0.4 is 10.6 Å². The van der Waals surface area contributed by atoms with Gasteiger partial charge in [0.15, 0.2) is 0 Å². The number of aromatic nitrogens is 1. The largest absolute Gasteiger partial charge is 0.385 e. The van der Waals surface area contributed by atoms with Gasteiger partial charge in [0.25, 0.3) is 0 Å². The molecular weight excluding hydrogens is 436 g/mol. The lowest BCUT2D eigenvalue weighted by atomic mass is 9.97. The van der Waals surface area contributed by atoms with Crippen LogP contribution in [0.4, 0.5) is 5.82 Å². The second-order valence-electron chi connectivity index (χ2n) is 8.94. The maximum absolute atomic E-state index is 12.8. The first-order valence-electron chi connectivity index (χ1n) is 12.0. The molecular formula is C26H37ClN4O2. The van der Waals surface area contributed by atoms with E-state index in [4.69, 9.17) is 16.3 Å². The molecule has 0 bridgehead atoms. The van der Waals surface area contributed by atoms with Gasteiger partial charge >= 0.3 is 0 Å². The predicted octanol–water partition coefficient (Wildman–Crippen LogP) is 4.89. The molecule has 1 aromatic rings. The van der Waals surface area contributed by atoms with Crippen LogP contribution in [0.2, 0.25) is 5.02 Å². The van der Waals surface area contributed by atoms with Gasteiger partial charge in [-0.25, -0.2) is 4.98 Å². The first-order chi connectivity index (χ1) is 16.0. The van der Waals surface area contributed by atoms with Gasteiger partial charge in [0, 0.05) is 43.8 Å². The van der Waals surface area contributed by atoms with Gasteiger partial charge < -0.3 is 20.3 Å². The van der Waals surface area contributed by atoms with Crippen molar-refractivity contribution in [1.82, 2.24) is 15.2 Å². The molecule has 0 aromatic carbocycles. The van der Waals surface area contributed by atoms with Crippen molar-refractivity contribution >= 4 is 28.9 Å². The van der Waals surface area contributed by atoms with Gasteiger partial charge in [-0.2, -0.15) is 0 Å². The Bertz CT molecular complexity index is 877. The van der Waals surface area contributed by atoms with Crippen LogP contribution in [0.3, 0.4) is 0 Å². The topological polar surface area (TPSA) is 66.5 Å². The predicted molar refractivity (Wildman–Crippen MR) is 136 cm³/mol. The van der Waals surface area contributed by atoms with E-state index < -0.39 is 0 Å². The van der Waals surface area contributed by atoms with Gasteiger partial charge in [0.05, 0.1) is 10.9 Å². The summed E-state index contributed by atoms with van der Waals surface area (Å²) in [4.78, 5) is 19.4. The Morgan fingerprint density at radius 1 is 1.36 bits per heavy atom. The molecule has 1 atom stereocenters. The van der Waals surface area contributed by atoms with E-state index in [1.54, 1.807) is 6.20 Å². The van der Waals surface area contributed by atoms with E-state index in [0.717, 1.165) is 81.9 Å². The molecule has 180 valence electrons. The van der Waals surface area contributed by atoms with E-state index in [0.29, 0.717) is 16.8 Å². The number of nitrogens with zero attached hydrogens (tertiary/aromatic N) is 2. The fraction of sp³-hybridized carbons (Fsp3) is 0.538. The number of ether oxygens (including phenoxy) is 1. The molecule has 2 N–H and O–H groups in total. The van der Waals surface area contributed by atoms with Crippen molar-refractivity contribution in [2.45, 2.75) is 39.5 Å². The molecule has 7 heteroatoms. The molecule has 2 aliphatic heterocycles. The van der Waals surface area contributed by atoms with Crippen LogP contribution in [0, 0.1) is 11.8 Å². The number of pyridine rings is 1. The lowest BCUT2D eigenvalue weighted by Gasteiger charge is -2.30. The van der Waals surface area contributed by atoms with Gasteiger partial charge in [-0.05, 0) is 69.3 Å². The smallest absolute Gasteiger partial charge is 0.229 e. The number of halogens is 1. The molecule has 0 saturated carbocycles. The third kappa shape index (κ3) is 7.98. The van der Waals surface area contributed by atoms with Crippen LogP contribution in [-0.4, -0.2) is 55.2 Å². The lowest BCUT2D eigenvalue weighted by molar-refractivity contribution is -0.121. The summed E-state index contributed by atoms with van der Waals surface area (Å²) in [7, 11) is 0. The summed E-state index contributed by atoms with van der Waals surface area (Å²) >= 11 is 6.40. The minimum Gasteiger partial charge on any atom is -0.385 e. The normalized spacial score (nSPS) is 20.7. The highest BCUT2D eigenvalue weighted by Gasteiger charge is 2.25. The van der Waals surface area contributed by atoms with Gasteiger partial charge in [-0.1, -0.05) is 37.3 Å². The molecule has 0 spiro atoms. The minimum absolute atomic E-state index is 0.00107. The van der Waals surface area contributed by atoms with Crippen molar-refractivity contribution in [3.05, 3.63) is 53.4 Å². The molecule has 33 heavy (non-hydrogen) atoms. The molecule has 3 heterocycles. The minimum atomic E-state index is -0.00107. The first kappa shape index (κ1) is 25.5. The average Bonchev–Trinajstić information content (AvgIpc) is 2.84. The maximum atomic E-state index is 12.8. The third-order valence-electron chi connectivity index (χ3n) is 6.46. The Morgan fingerprint density at radius 3 is 2.91 bits per heavy atom. The van der Waals surface area contributed by atoms with Crippen molar-refractivity contribution in [2.24, 2.45) is 11.8 Å². The molecule has 1 aromatic heterocycles. The number of carbonyl (C=O) groups is 1. The summed E-state index contributed by atoms with van der Waals surface area (Å²) in [6.45, 7) is 13.7. The van der Waals surface area contributed by atoms with Crippen LogP contribution >= 0.6 is 11.6 Å². The summed E-state index contributed by atoms with van der Waals surface area (Å²) in [6, 6.07) is 1.85. The van der Waals surface area contributed by atoms with Crippen LogP contribution in [0.1, 0.15) is 45.1 Å². The Labute approximate surface area is 203 Å². The number of likely N-dealkylation sites (tertiary alicyclic amines) is 1. The molecule has 3 rings (SSSR count). The van der Waals surface area contributed by atoms with Gasteiger partial charge in [0.2, 0.25) is 5.91 Å². The van der Waals surface area contributed by atoms with Crippen LogP contribution in [0.5, 0.6) is 0 Å². The molecule has 1 unspecified atom stereocenters. The number of allylic oxidation sites excluding steroid dienone is 4. The highest BCUT2D eigenvalue weighted by Crippen LogP contribution is 2.26. The maximum Gasteiger partial charge on any atom is 0.229 e. The number of carbonyl (C=O) groups excluding carboxylic acids is 1. The zero-order valence-electron chi connectivity index (χ0n) is 19.9. The first-order valence-corrected chi connectivity index (χ1v) is 12.4. The summed E-state index contributed by atoms with van der Waals surface area (Å²) in [5.41, 5.74) is 2.72. The number of piperidine rings is 1. The highest BCUT2D eigenvalue weighted by molar-refractivity contribution is 6.32. The van der Waals surface area contributed by atoms with Crippen molar-refractivity contribution in [3.8, 4) is 0 Å². The van der Waals surface area contributed by atoms with Crippen LogP contribution in [0.15, 0.2) is 42.8 Å². The molecule has 2 aliphatic rings. The fourth-order valence-corrected chi connectivity index (χ4v) is 4.53. The molecule has 6 nitrogen and oxygen atoms in total. The molecule has 1 amide bonds. The average molecular weight is 473 g/mol. The van der Waals surface area contributed by atoms with E-state index in [-0.39, 0.29) is 11.8 Å². The zero-order chi connectivity index (χ0) is 23.6.